The van der Waals surface area contributed by atoms with Gasteiger partial charge < -0.3 is 10.6 Å². The number of benzene rings is 3. The van der Waals surface area contributed by atoms with Crippen molar-refractivity contribution < 1.29 is 14.0 Å². The molecule has 1 unspecified atom stereocenters. The van der Waals surface area contributed by atoms with Gasteiger partial charge in [0.05, 0.1) is 6.04 Å². The Balaban J connectivity index is 1.65. The van der Waals surface area contributed by atoms with E-state index in [1.807, 2.05) is 30.3 Å². The third kappa shape index (κ3) is 3.68. The maximum absolute atomic E-state index is 15.0. The number of carbonyl (C=O) groups is 2. The van der Waals surface area contributed by atoms with E-state index in [0.29, 0.717) is 35.4 Å². The summed E-state index contributed by atoms with van der Waals surface area (Å²) in [5.74, 6) is -0.717. The fourth-order valence-electron chi connectivity index (χ4n) is 4.88. The van der Waals surface area contributed by atoms with Gasteiger partial charge in [0.25, 0.3) is 5.91 Å². The molecule has 2 atom stereocenters. The number of fused-ring (bicyclic) bond motifs is 1. The van der Waals surface area contributed by atoms with Crippen molar-refractivity contribution in [3.8, 4) is 0 Å². The van der Waals surface area contributed by atoms with Gasteiger partial charge in [0.1, 0.15) is 11.9 Å². The number of rotatable bonds is 6. The van der Waals surface area contributed by atoms with Crippen LogP contribution in [0, 0.1) is 5.82 Å². The van der Waals surface area contributed by atoms with E-state index in [2.05, 4.69) is 0 Å². The first-order valence-corrected chi connectivity index (χ1v) is 11.1. The van der Waals surface area contributed by atoms with Crippen LogP contribution in [0.4, 0.5) is 4.39 Å². The molecule has 5 rings (SSSR count). The number of primary amides is 1. The SMILES string of the molecule is NC(=O)C(c1ccccc1)N(C(=O)c1ccccc1)[C@@H]1CCc2c(F)cc(C3CC3)cc21. The molecule has 32 heavy (non-hydrogen) atoms. The van der Waals surface area contributed by atoms with Crippen LogP contribution in [-0.2, 0) is 11.2 Å². The summed E-state index contributed by atoms with van der Waals surface area (Å²) in [4.78, 5) is 28.1. The van der Waals surface area contributed by atoms with Gasteiger partial charge in [0, 0.05) is 5.56 Å². The van der Waals surface area contributed by atoms with E-state index in [0.717, 1.165) is 24.0 Å². The number of hydrogen-bond donors (Lipinski definition) is 1. The Kier molecular flexibility index (Phi) is 5.25. The van der Waals surface area contributed by atoms with Crippen LogP contribution < -0.4 is 5.73 Å². The van der Waals surface area contributed by atoms with E-state index in [9.17, 15) is 14.0 Å². The monoisotopic (exact) mass is 428 g/mol. The first-order chi connectivity index (χ1) is 15.5. The lowest BCUT2D eigenvalue weighted by Crippen LogP contribution is -2.43. The molecule has 162 valence electrons. The predicted octanol–water partition coefficient (Wildman–Crippen LogP) is 5.06. The normalized spacial score (nSPS) is 18.1. The quantitative estimate of drug-likeness (QED) is 0.597. The third-order valence-electron chi connectivity index (χ3n) is 6.58. The van der Waals surface area contributed by atoms with Gasteiger partial charge >= 0.3 is 0 Å². The van der Waals surface area contributed by atoms with Gasteiger partial charge in [0.2, 0.25) is 5.91 Å². The van der Waals surface area contributed by atoms with E-state index >= 15 is 0 Å². The fraction of sp³-hybridized carbons (Fsp3) is 0.259. The summed E-state index contributed by atoms with van der Waals surface area (Å²) in [6.07, 6.45) is 3.19. The van der Waals surface area contributed by atoms with Crippen LogP contribution >= 0.6 is 0 Å². The zero-order valence-corrected chi connectivity index (χ0v) is 17.7. The second kappa shape index (κ2) is 8.23. The van der Waals surface area contributed by atoms with Gasteiger partial charge in [-0.15, -0.1) is 0 Å². The molecule has 2 N–H and O–H groups in total. The summed E-state index contributed by atoms with van der Waals surface area (Å²) in [5.41, 5.74) is 9.43. The lowest BCUT2D eigenvalue weighted by Gasteiger charge is -2.36. The summed E-state index contributed by atoms with van der Waals surface area (Å²) >= 11 is 0. The molecule has 2 aliphatic rings. The molecule has 3 aromatic rings. The number of halogens is 1. The zero-order valence-electron chi connectivity index (χ0n) is 17.7. The molecular formula is C27H25FN2O2. The lowest BCUT2D eigenvalue weighted by molar-refractivity contribution is -0.123. The van der Waals surface area contributed by atoms with E-state index in [1.165, 1.54) is 0 Å². The molecule has 0 aliphatic heterocycles. The summed E-state index contributed by atoms with van der Waals surface area (Å²) in [6.45, 7) is 0. The van der Waals surface area contributed by atoms with Crippen LogP contribution in [0.15, 0.2) is 72.8 Å². The smallest absolute Gasteiger partial charge is 0.255 e. The average molecular weight is 429 g/mol. The van der Waals surface area contributed by atoms with Crippen molar-refractivity contribution in [3.63, 3.8) is 0 Å². The Morgan fingerprint density at radius 2 is 1.59 bits per heavy atom. The van der Waals surface area contributed by atoms with Gasteiger partial charge in [-0.3, -0.25) is 9.59 Å². The van der Waals surface area contributed by atoms with Crippen LogP contribution in [0.2, 0.25) is 0 Å². The molecule has 0 radical (unpaired) electrons. The summed E-state index contributed by atoms with van der Waals surface area (Å²) < 4.78 is 15.0. The minimum atomic E-state index is -0.951. The number of carbonyl (C=O) groups excluding carboxylic acids is 2. The highest BCUT2D eigenvalue weighted by Crippen LogP contribution is 2.46. The highest BCUT2D eigenvalue weighted by molar-refractivity contribution is 5.98. The molecule has 2 aliphatic carbocycles. The topological polar surface area (TPSA) is 63.4 Å². The molecule has 1 fully saturated rings. The number of amides is 2. The number of nitrogens with two attached hydrogens (primary N) is 1. The fourth-order valence-corrected chi connectivity index (χ4v) is 4.88. The molecule has 0 bridgehead atoms. The zero-order chi connectivity index (χ0) is 22.2. The van der Waals surface area contributed by atoms with Crippen LogP contribution in [0.25, 0.3) is 0 Å². The minimum absolute atomic E-state index is 0.214. The molecule has 1 saturated carbocycles. The summed E-state index contributed by atoms with van der Waals surface area (Å²) in [6, 6.07) is 20.3. The molecule has 0 saturated heterocycles. The van der Waals surface area contributed by atoms with Crippen LogP contribution in [-0.4, -0.2) is 16.7 Å². The molecular weight excluding hydrogens is 403 g/mol. The van der Waals surface area contributed by atoms with Gasteiger partial charge in [-0.25, -0.2) is 4.39 Å². The van der Waals surface area contributed by atoms with Gasteiger partial charge in [-0.1, -0.05) is 54.6 Å². The Morgan fingerprint density at radius 1 is 0.938 bits per heavy atom. The Labute approximate surface area is 186 Å². The maximum Gasteiger partial charge on any atom is 0.255 e. The van der Waals surface area contributed by atoms with E-state index in [-0.39, 0.29) is 11.7 Å². The van der Waals surface area contributed by atoms with Crippen molar-refractivity contribution in [2.45, 2.75) is 43.7 Å². The molecule has 4 nitrogen and oxygen atoms in total. The molecule has 0 spiro atoms. The summed E-state index contributed by atoms with van der Waals surface area (Å²) in [7, 11) is 0. The Hall–Kier alpha value is -3.47. The lowest BCUT2D eigenvalue weighted by atomic mass is 9.96. The van der Waals surface area contributed by atoms with Crippen LogP contribution in [0.1, 0.15) is 69.9 Å². The van der Waals surface area contributed by atoms with Crippen LogP contribution in [0.3, 0.4) is 0 Å². The van der Waals surface area contributed by atoms with Gasteiger partial charge in [-0.2, -0.15) is 0 Å². The van der Waals surface area contributed by atoms with E-state index in [4.69, 9.17) is 5.73 Å². The Morgan fingerprint density at radius 3 is 2.22 bits per heavy atom. The first kappa shape index (κ1) is 20.4. The van der Waals surface area contributed by atoms with Gasteiger partial charge in [-0.05, 0) is 72.1 Å². The largest absolute Gasteiger partial charge is 0.368 e. The van der Waals surface area contributed by atoms with E-state index in [1.54, 1.807) is 47.4 Å². The average Bonchev–Trinajstić information content (AvgIpc) is 3.58. The first-order valence-electron chi connectivity index (χ1n) is 11.1. The highest BCUT2D eigenvalue weighted by Gasteiger charge is 2.41. The Bertz CT molecular complexity index is 1160. The molecule has 5 heteroatoms. The van der Waals surface area contributed by atoms with Crippen molar-refractivity contribution in [1.29, 1.82) is 0 Å². The second-order valence-corrected chi connectivity index (χ2v) is 8.69. The standard InChI is InChI=1S/C27H25FN2O2/c28-23-16-20(17-11-12-17)15-22-21(23)13-14-24(22)30(27(32)19-9-5-2-6-10-19)25(26(29)31)18-7-3-1-4-8-18/h1-10,15-17,24-25H,11-14H2,(H2,29,31)/t24-,25?/m1/s1. The predicted molar refractivity (Wildman–Crippen MR) is 120 cm³/mol. The maximum atomic E-state index is 15.0. The van der Waals surface area contributed by atoms with Crippen molar-refractivity contribution in [1.82, 2.24) is 4.90 Å². The van der Waals surface area contributed by atoms with Crippen molar-refractivity contribution in [3.05, 3.63) is 106 Å². The molecule has 0 heterocycles. The number of hydrogen-bond acceptors (Lipinski definition) is 2. The number of nitrogens with zero attached hydrogens (tertiary/aromatic N) is 1. The molecule has 2 amide bonds. The van der Waals surface area contributed by atoms with Crippen molar-refractivity contribution >= 4 is 11.8 Å². The van der Waals surface area contributed by atoms with Gasteiger partial charge in [0.15, 0.2) is 0 Å². The van der Waals surface area contributed by atoms with E-state index < -0.39 is 18.0 Å². The molecule has 3 aromatic carbocycles. The van der Waals surface area contributed by atoms with Crippen molar-refractivity contribution in [2.24, 2.45) is 5.73 Å². The molecule has 0 aromatic heterocycles. The van der Waals surface area contributed by atoms with Crippen LogP contribution in [0.5, 0.6) is 0 Å². The summed E-state index contributed by atoms with van der Waals surface area (Å²) in [5, 5.41) is 0. The third-order valence-corrected chi connectivity index (χ3v) is 6.58. The highest BCUT2D eigenvalue weighted by atomic mass is 19.1. The second-order valence-electron chi connectivity index (χ2n) is 8.69. The minimum Gasteiger partial charge on any atom is -0.368 e. The van der Waals surface area contributed by atoms with Crippen molar-refractivity contribution in [2.75, 3.05) is 0 Å².